The van der Waals surface area contributed by atoms with Gasteiger partial charge in [0.05, 0.1) is 12.2 Å². The smallest absolute Gasteiger partial charge is 0.157 e. The lowest BCUT2D eigenvalue weighted by Gasteiger charge is -2.32. The predicted octanol–water partition coefficient (Wildman–Crippen LogP) is 0.501. The zero-order chi connectivity index (χ0) is 8.43. The van der Waals surface area contributed by atoms with E-state index in [9.17, 15) is 5.11 Å². The van der Waals surface area contributed by atoms with Gasteiger partial charge in [-0.25, -0.2) is 0 Å². The van der Waals surface area contributed by atoms with E-state index >= 15 is 0 Å². The molecule has 0 aliphatic carbocycles. The molecule has 0 saturated carbocycles. The molecule has 0 aromatic carbocycles. The lowest BCUT2D eigenvalue weighted by molar-refractivity contribution is -0.199. The van der Waals surface area contributed by atoms with Crippen LogP contribution in [-0.4, -0.2) is 28.7 Å². The van der Waals surface area contributed by atoms with Crippen LogP contribution in [0.15, 0.2) is 0 Å². The van der Waals surface area contributed by atoms with E-state index < -0.39 is 12.4 Å². The molecule has 3 nitrogen and oxygen atoms in total. The number of hydrogen-bond acceptors (Lipinski definition) is 3. The van der Waals surface area contributed by atoms with Crippen molar-refractivity contribution in [3.63, 3.8) is 0 Å². The molecule has 0 amide bonds. The van der Waals surface area contributed by atoms with Crippen molar-refractivity contribution in [2.45, 2.75) is 45.2 Å². The summed E-state index contributed by atoms with van der Waals surface area (Å²) in [5.74, 6) is 0.361. The van der Waals surface area contributed by atoms with Gasteiger partial charge in [-0.05, 0) is 5.92 Å². The maximum atomic E-state index is 9.26. The minimum absolute atomic E-state index is 0.00810. The highest BCUT2D eigenvalue weighted by atomic mass is 16.6. The second kappa shape index (κ2) is 3.52. The van der Waals surface area contributed by atoms with E-state index in [2.05, 4.69) is 0 Å². The Morgan fingerprint density at radius 2 is 1.91 bits per heavy atom. The van der Waals surface area contributed by atoms with Gasteiger partial charge < -0.3 is 14.9 Å². The maximum absolute atomic E-state index is 9.26. The number of aliphatic hydroxyl groups excluding tert-OH is 2. The maximum Gasteiger partial charge on any atom is 0.157 e. The Hall–Kier alpha value is -0.120. The summed E-state index contributed by atoms with van der Waals surface area (Å²) < 4.78 is 5.21. The average molecular weight is 160 g/mol. The largest absolute Gasteiger partial charge is 0.393 e. The fraction of sp³-hybridized carbons (Fsp3) is 1.00. The normalized spacial score (nSPS) is 39.5. The van der Waals surface area contributed by atoms with Crippen LogP contribution in [0.1, 0.15) is 26.7 Å². The minimum Gasteiger partial charge on any atom is -0.393 e. The first-order valence-electron chi connectivity index (χ1n) is 4.11. The second-order valence-electron chi connectivity index (χ2n) is 3.50. The molecule has 1 aliphatic rings. The van der Waals surface area contributed by atoms with E-state index in [0.717, 1.165) is 0 Å². The van der Waals surface area contributed by atoms with Crippen LogP contribution in [0, 0.1) is 5.92 Å². The van der Waals surface area contributed by atoms with Gasteiger partial charge in [-0.2, -0.15) is 0 Å². The molecule has 0 bridgehead atoms. The summed E-state index contributed by atoms with van der Waals surface area (Å²) in [5, 5.41) is 18.4. The lowest BCUT2D eigenvalue weighted by Crippen LogP contribution is -2.38. The van der Waals surface area contributed by atoms with Crippen molar-refractivity contribution in [3.05, 3.63) is 0 Å². The van der Waals surface area contributed by atoms with E-state index in [1.165, 1.54) is 0 Å². The van der Waals surface area contributed by atoms with Crippen molar-refractivity contribution in [3.8, 4) is 0 Å². The molecule has 2 N–H and O–H groups in total. The van der Waals surface area contributed by atoms with Crippen molar-refractivity contribution in [2.75, 3.05) is 0 Å². The van der Waals surface area contributed by atoms with Gasteiger partial charge in [0.2, 0.25) is 0 Å². The highest BCUT2D eigenvalue weighted by Crippen LogP contribution is 2.22. The number of hydrogen-bond donors (Lipinski definition) is 2. The molecule has 66 valence electrons. The van der Waals surface area contributed by atoms with E-state index in [0.29, 0.717) is 18.8 Å². The molecular weight excluding hydrogens is 144 g/mol. The quantitative estimate of drug-likeness (QED) is 0.587. The van der Waals surface area contributed by atoms with E-state index in [1.54, 1.807) is 0 Å². The Morgan fingerprint density at radius 3 is 2.36 bits per heavy atom. The zero-order valence-corrected chi connectivity index (χ0v) is 7.03. The van der Waals surface area contributed by atoms with Crippen LogP contribution in [-0.2, 0) is 4.74 Å². The summed E-state index contributed by atoms with van der Waals surface area (Å²) in [6.07, 6.45) is -0.163. The molecule has 1 aliphatic heterocycles. The third-order valence-corrected chi connectivity index (χ3v) is 2.05. The van der Waals surface area contributed by atoms with Crippen LogP contribution < -0.4 is 0 Å². The zero-order valence-electron chi connectivity index (χ0n) is 7.03. The highest BCUT2D eigenvalue weighted by molar-refractivity contribution is 4.74. The fourth-order valence-corrected chi connectivity index (χ4v) is 1.34. The van der Waals surface area contributed by atoms with Crippen molar-refractivity contribution in [1.82, 2.24) is 0 Å². The molecule has 1 fully saturated rings. The van der Waals surface area contributed by atoms with Crippen molar-refractivity contribution in [2.24, 2.45) is 5.92 Å². The van der Waals surface area contributed by atoms with Gasteiger partial charge >= 0.3 is 0 Å². The molecule has 0 unspecified atom stereocenters. The van der Waals surface area contributed by atoms with Crippen LogP contribution in [0.25, 0.3) is 0 Å². The average Bonchev–Trinajstić information content (AvgIpc) is 1.85. The number of rotatable bonds is 1. The monoisotopic (exact) mass is 160 g/mol. The molecule has 1 heterocycles. The summed E-state index contributed by atoms with van der Waals surface area (Å²) in [5.41, 5.74) is 0. The summed E-state index contributed by atoms with van der Waals surface area (Å²) in [4.78, 5) is 0. The van der Waals surface area contributed by atoms with Gasteiger partial charge in [0.25, 0.3) is 0 Å². The predicted molar refractivity (Wildman–Crippen MR) is 41.0 cm³/mol. The number of aliphatic hydroxyl groups is 2. The van der Waals surface area contributed by atoms with Crippen LogP contribution in [0.2, 0.25) is 0 Å². The molecule has 1 saturated heterocycles. The Balaban J connectivity index is 2.43. The Kier molecular flexibility index (Phi) is 2.87. The van der Waals surface area contributed by atoms with Crippen molar-refractivity contribution < 1.29 is 14.9 Å². The Bertz CT molecular complexity index is 115. The molecule has 11 heavy (non-hydrogen) atoms. The summed E-state index contributed by atoms with van der Waals surface area (Å²) >= 11 is 0. The van der Waals surface area contributed by atoms with Gasteiger partial charge in [-0.3, -0.25) is 0 Å². The minimum atomic E-state index is -0.772. The van der Waals surface area contributed by atoms with E-state index in [-0.39, 0.29) is 6.10 Å². The molecular formula is C8H16O3. The van der Waals surface area contributed by atoms with Crippen molar-refractivity contribution in [1.29, 1.82) is 0 Å². The summed E-state index contributed by atoms with van der Waals surface area (Å²) in [6.45, 7) is 4.05. The second-order valence-corrected chi connectivity index (χ2v) is 3.50. The van der Waals surface area contributed by atoms with E-state index in [4.69, 9.17) is 9.84 Å². The molecule has 3 atom stereocenters. The number of ether oxygens (including phenoxy) is 1. The SMILES string of the molecule is CC(C)[C@@H]1C[C@@H](O)C[C@H](O)O1. The molecule has 0 spiro atoms. The first-order valence-corrected chi connectivity index (χ1v) is 4.11. The van der Waals surface area contributed by atoms with Gasteiger partial charge in [0.1, 0.15) is 0 Å². The summed E-state index contributed by atoms with van der Waals surface area (Å²) in [6, 6.07) is 0. The van der Waals surface area contributed by atoms with Gasteiger partial charge in [0, 0.05) is 12.8 Å². The third-order valence-electron chi connectivity index (χ3n) is 2.05. The molecule has 1 rings (SSSR count). The van der Waals surface area contributed by atoms with Gasteiger partial charge in [-0.1, -0.05) is 13.8 Å². The molecule has 0 aromatic rings. The molecule has 0 radical (unpaired) electrons. The Labute approximate surface area is 67.0 Å². The fourth-order valence-electron chi connectivity index (χ4n) is 1.34. The van der Waals surface area contributed by atoms with Crippen LogP contribution in [0.4, 0.5) is 0 Å². The molecule has 3 heteroatoms. The van der Waals surface area contributed by atoms with E-state index in [1.807, 2.05) is 13.8 Å². The van der Waals surface area contributed by atoms with Crippen LogP contribution in [0.3, 0.4) is 0 Å². The third kappa shape index (κ3) is 2.43. The molecule has 0 aromatic heterocycles. The van der Waals surface area contributed by atoms with Crippen LogP contribution in [0.5, 0.6) is 0 Å². The standard InChI is InChI=1S/C8H16O3/c1-5(2)7-3-6(9)4-8(10)11-7/h5-10H,3-4H2,1-2H3/t6-,7+,8-/m1/s1. The first-order chi connectivity index (χ1) is 5.09. The van der Waals surface area contributed by atoms with Crippen LogP contribution >= 0.6 is 0 Å². The topological polar surface area (TPSA) is 49.7 Å². The van der Waals surface area contributed by atoms with Crippen molar-refractivity contribution >= 4 is 0 Å². The first kappa shape index (κ1) is 8.97. The van der Waals surface area contributed by atoms with Gasteiger partial charge in [-0.15, -0.1) is 0 Å². The van der Waals surface area contributed by atoms with Gasteiger partial charge in [0.15, 0.2) is 6.29 Å². The lowest BCUT2D eigenvalue weighted by atomic mass is 9.97. The highest BCUT2D eigenvalue weighted by Gasteiger charge is 2.28. The summed E-state index contributed by atoms with van der Waals surface area (Å²) in [7, 11) is 0. The Morgan fingerprint density at radius 1 is 1.27 bits per heavy atom.